The predicted molar refractivity (Wildman–Crippen MR) is 60.8 cm³/mol. The molecule has 0 aromatic carbocycles. The number of amides is 1. The molecule has 0 aromatic heterocycles. The van der Waals surface area contributed by atoms with Gasteiger partial charge >= 0.3 is 0 Å². The van der Waals surface area contributed by atoms with E-state index in [-0.39, 0.29) is 24.4 Å². The number of nitrogens with one attached hydrogen (secondary N) is 1. The van der Waals surface area contributed by atoms with Gasteiger partial charge in [-0.05, 0) is 25.8 Å². The number of unbranched alkanes of at least 4 members (excludes halogenated alkanes) is 1. The highest BCUT2D eigenvalue weighted by molar-refractivity contribution is 5.85. The summed E-state index contributed by atoms with van der Waals surface area (Å²) in [7, 11) is 1.90. The summed E-state index contributed by atoms with van der Waals surface area (Å²) >= 11 is 0. The van der Waals surface area contributed by atoms with E-state index in [1.54, 1.807) is 0 Å². The highest BCUT2D eigenvalue weighted by Gasteiger charge is 2.24. The average Bonchev–Trinajstić information content (AvgIpc) is 2.65. The first-order valence-electron chi connectivity index (χ1n) is 5.24. The van der Waals surface area contributed by atoms with Gasteiger partial charge < -0.3 is 10.2 Å². The van der Waals surface area contributed by atoms with Crippen LogP contribution in [0.25, 0.3) is 0 Å². The molecule has 1 fully saturated rings. The van der Waals surface area contributed by atoms with Gasteiger partial charge in [0.2, 0.25) is 5.91 Å². The second kappa shape index (κ2) is 7.07. The SMILES string of the molecule is CCCCN(C)C(=O)C1CCCN1.Cl. The summed E-state index contributed by atoms with van der Waals surface area (Å²) in [6.07, 6.45) is 4.40. The molecule has 1 aliphatic rings. The molecule has 3 nitrogen and oxygen atoms in total. The van der Waals surface area contributed by atoms with Gasteiger partial charge in [0.05, 0.1) is 6.04 Å². The smallest absolute Gasteiger partial charge is 0.239 e. The first kappa shape index (κ1) is 13.7. The molecule has 1 N–H and O–H groups in total. The highest BCUT2D eigenvalue weighted by atomic mass is 35.5. The number of hydrogen-bond acceptors (Lipinski definition) is 2. The zero-order valence-corrected chi connectivity index (χ0v) is 9.90. The molecule has 14 heavy (non-hydrogen) atoms. The van der Waals surface area contributed by atoms with Gasteiger partial charge in [-0.25, -0.2) is 0 Å². The van der Waals surface area contributed by atoms with Crippen molar-refractivity contribution in [2.24, 2.45) is 0 Å². The Bertz CT molecular complexity index is 170. The number of halogens is 1. The molecular formula is C10H21ClN2O. The molecule has 1 aliphatic heterocycles. The Morgan fingerprint density at radius 2 is 2.29 bits per heavy atom. The van der Waals surface area contributed by atoms with Crippen molar-refractivity contribution >= 4 is 18.3 Å². The molecule has 4 heteroatoms. The van der Waals surface area contributed by atoms with Crippen molar-refractivity contribution < 1.29 is 4.79 Å². The number of carbonyl (C=O) groups excluding carboxylic acids is 1. The first-order chi connectivity index (χ1) is 6.25. The number of likely N-dealkylation sites (N-methyl/N-ethyl adjacent to an activating group) is 1. The van der Waals surface area contributed by atoms with E-state index in [1.165, 1.54) is 0 Å². The van der Waals surface area contributed by atoms with Gasteiger partial charge in [0.25, 0.3) is 0 Å². The Kier molecular flexibility index (Phi) is 6.93. The van der Waals surface area contributed by atoms with Crippen LogP contribution in [0.2, 0.25) is 0 Å². The molecule has 0 saturated carbocycles. The zero-order valence-electron chi connectivity index (χ0n) is 9.08. The van der Waals surface area contributed by atoms with Gasteiger partial charge in [-0.1, -0.05) is 13.3 Å². The second-order valence-corrected chi connectivity index (χ2v) is 3.76. The van der Waals surface area contributed by atoms with Gasteiger partial charge in [0.1, 0.15) is 0 Å². The van der Waals surface area contributed by atoms with Crippen molar-refractivity contribution in [3.05, 3.63) is 0 Å². The summed E-state index contributed by atoms with van der Waals surface area (Å²) in [5, 5.41) is 3.22. The van der Waals surface area contributed by atoms with Crippen molar-refractivity contribution in [2.75, 3.05) is 20.1 Å². The van der Waals surface area contributed by atoms with Crippen molar-refractivity contribution in [3.8, 4) is 0 Å². The third kappa shape index (κ3) is 3.84. The molecule has 1 saturated heterocycles. The van der Waals surface area contributed by atoms with Crippen molar-refractivity contribution in [3.63, 3.8) is 0 Å². The van der Waals surface area contributed by atoms with E-state index in [9.17, 15) is 4.79 Å². The molecule has 0 bridgehead atoms. The standard InChI is InChI=1S/C10H20N2O.ClH/c1-3-4-8-12(2)10(13)9-6-5-7-11-9;/h9,11H,3-8H2,1-2H3;1H. The molecular weight excluding hydrogens is 200 g/mol. The molecule has 1 atom stereocenters. The largest absolute Gasteiger partial charge is 0.344 e. The van der Waals surface area contributed by atoms with Crippen LogP contribution in [0.1, 0.15) is 32.6 Å². The van der Waals surface area contributed by atoms with Crippen LogP contribution in [0.15, 0.2) is 0 Å². The van der Waals surface area contributed by atoms with E-state index in [1.807, 2.05) is 11.9 Å². The summed E-state index contributed by atoms with van der Waals surface area (Å²) in [6.45, 7) is 4.04. The van der Waals surface area contributed by atoms with E-state index in [0.717, 1.165) is 38.8 Å². The predicted octanol–water partition coefficient (Wildman–Crippen LogP) is 1.42. The lowest BCUT2D eigenvalue weighted by molar-refractivity contribution is -0.131. The van der Waals surface area contributed by atoms with Crippen LogP contribution in [0.5, 0.6) is 0 Å². The van der Waals surface area contributed by atoms with Crippen molar-refractivity contribution in [1.82, 2.24) is 10.2 Å². The van der Waals surface area contributed by atoms with Crippen LogP contribution in [0.3, 0.4) is 0 Å². The van der Waals surface area contributed by atoms with E-state index >= 15 is 0 Å². The minimum absolute atomic E-state index is 0. The number of carbonyl (C=O) groups is 1. The van der Waals surface area contributed by atoms with Crippen molar-refractivity contribution in [2.45, 2.75) is 38.6 Å². The normalized spacial score (nSPS) is 20.3. The van der Waals surface area contributed by atoms with Crippen LogP contribution >= 0.6 is 12.4 Å². The Labute approximate surface area is 92.6 Å². The highest BCUT2D eigenvalue weighted by Crippen LogP contribution is 2.07. The average molecular weight is 221 g/mol. The van der Waals surface area contributed by atoms with E-state index in [2.05, 4.69) is 12.2 Å². The zero-order chi connectivity index (χ0) is 9.68. The quantitative estimate of drug-likeness (QED) is 0.777. The van der Waals surface area contributed by atoms with Crippen LogP contribution in [0.4, 0.5) is 0 Å². The van der Waals surface area contributed by atoms with Crippen LogP contribution in [-0.2, 0) is 4.79 Å². The molecule has 84 valence electrons. The third-order valence-electron chi connectivity index (χ3n) is 2.58. The van der Waals surface area contributed by atoms with Crippen molar-refractivity contribution in [1.29, 1.82) is 0 Å². The Morgan fingerprint density at radius 1 is 1.57 bits per heavy atom. The molecule has 0 aromatic rings. The summed E-state index contributed by atoms with van der Waals surface area (Å²) < 4.78 is 0. The number of hydrogen-bond donors (Lipinski definition) is 1. The lowest BCUT2D eigenvalue weighted by Gasteiger charge is -2.20. The maximum atomic E-state index is 11.7. The molecule has 1 heterocycles. The fraction of sp³-hybridized carbons (Fsp3) is 0.900. The molecule has 1 rings (SSSR count). The second-order valence-electron chi connectivity index (χ2n) is 3.76. The van der Waals surface area contributed by atoms with E-state index < -0.39 is 0 Å². The number of rotatable bonds is 4. The van der Waals surface area contributed by atoms with Gasteiger partial charge in [-0.3, -0.25) is 4.79 Å². The maximum absolute atomic E-state index is 11.7. The van der Waals surface area contributed by atoms with Gasteiger partial charge in [0, 0.05) is 13.6 Å². The summed E-state index contributed by atoms with van der Waals surface area (Å²) in [4.78, 5) is 13.6. The molecule has 0 radical (unpaired) electrons. The van der Waals surface area contributed by atoms with Gasteiger partial charge in [-0.15, -0.1) is 12.4 Å². The Balaban J connectivity index is 0.00000169. The molecule has 1 unspecified atom stereocenters. The lowest BCUT2D eigenvalue weighted by Crippen LogP contribution is -2.41. The molecule has 0 spiro atoms. The minimum Gasteiger partial charge on any atom is -0.344 e. The molecule has 1 amide bonds. The monoisotopic (exact) mass is 220 g/mol. The first-order valence-corrected chi connectivity index (χ1v) is 5.24. The van der Waals surface area contributed by atoms with E-state index in [4.69, 9.17) is 0 Å². The fourth-order valence-corrected chi connectivity index (χ4v) is 1.67. The number of nitrogens with zero attached hydrogens (tertiary/aromatic N) is 1. The lowest BCUT2D eigenvalue weighted by atomic mass is 10.2. The molecule has 0 aliphatic carbocycles. The summed E-state index contributed by atoms with van der Waals surface area (Å²) in [5.41, 5.74) is 0. The Hall–Kier alpha value is -0.280. The van der Waals surface area contributed by atoms with E-state index in [0.29, 0.717) is 0 Å². The van der Waals surface area contributed by atoms with Gasteiger partial charge in [-0.2, -0.15) is 0 Å². The third-order valence-corrected chi connectivity index (χ3v) is 2.58. The van der Waals surface area contributed by atoms with Crippen LogP contribution < -0.4 is 5.32 Å². The van der Waals surface area contributed by atoms with Gasteiger partial charge in [0.15, 0.2) is 0 Å². The maximum Gasteiger partial charge on any atom is 0.239 e. The topological polar surface area (TPSA) is 32.3 Å². The fourth-order valence-electron chi connectivity index (χ4n) is 1.67. The summed E-state index contributed by atoms with van der Waals surface area (Å²) in [5.74, 6) is 0.269. The van der Waals surface area contributed by atoms with Crippen LogP contribution in [-0.4, -0.2) is 37.0 Å². The minimum atomic E-state index is 0. The Morgan fingerprint density at radius 3 is 2.79 bits per heavy atom. The summed E-state index contributed by atoms with van der Waals surface area (Å²) in [6, 6.07) is 0.0989. The van der Waals surface area contributed by atoms with Crippen LogP contribution in [0, 0.1) is 0 Å².